The van der Waals surface area contributed by atoms with Crippen LogP contribution in [0.4, 0.5) is 31.1 Å². The van der Waals surface area contributed by atoms with Gasteiger partial charge in [-0.05, 0) is 43.2 Å². The fourth-order valence-corrected chi connectivity index (χ4v) is 5.61. The molecular weight excluding hydrogens is 474 g/mol. The van der Waals surface area contributed by atoms with Gasteiger partial charge in [0, 0.05) is 29.9 Å². The van der Waals surface area contributed by atoms with Crippen molar-refractivity contribution >= 4 is 33.4 Å². The molecule has 1 aromatic carbocycles. The number of likely N-dealkylation sites (tertiary alicyclic amines) is 2. The predicted octanol–water partition coefficient (Wildman–Crippen LogP) is 5.60. The molecule has 5 nitrogen and oxygen atoms in total. The molecule has 2 saturated heterocycles. The van der Waals surface area contributed by atoms with Gasteiger partial charge >= 0.3 is 18.4 Å². The molecule has 2 aromatic rings. The summed E-state index contributed by atoms with van der Waals surface area (Å²) in [6.07, 6.45) is -15.5. The van der Waals surface area contributed by atoms with Crippen LogP contribution in [-0.2, 0) is 4.74 Å². The second kappa shape index (κ2) is 8.37. The number of thiophene rings is 1. The van der Waals surface area contributed by atoms with Crippen molar-refractivity contribution in [1.29, 1.82) is 0 Å². The summed E-state index contributed by atoms with van der Waals surface area (Å²) in [5.41, 5.74) is -0.586. The molecule has 0 radical (unpaired) electrons. The molecule has 1 aromatic heterocycles. The van der Waals surface area contributed by atoms with E-state index < -0.39 is 30.1 Å². The van der Waals surface area contributed by atoms with Crippen LogP contribution in [-0.4, -0.2) is 65.4 Å². The highest BCUT2D eigenvalue weighted by molar-refractivity contribution is 7.20. The van der Waals surface area contributed by atoms with E-state index in [0.29, 0.717) is 17.8 Å². The van der Waals surface area contributed by atoms with Gasteiger partial charge in [-0.15, -0.1) is 11.3 Å². The summed E-state index contributed by atoms with van der Waals surface area (Å²) in [6, 6.07) is 9.38. The van der Waals surface area contributed by atoms with Crippen LogP contribution in [0.25, 0.3) is 10.1 Å². The van der Waals surface area contributed by atoms with Crippen molar-refractivity contribution in [2.24, 2.45) is 0 Å². The Hall–Kier alpha value is -2.50. The molecule has 3 heterocycles. The van der Waals surface area contributed by atoms with Crippen molar-refractivity contribution in [3.8, 4) is 0 Å². The van der Waals surface area contributed by atoms with Crippen LogP contribution in [0.5, 0.6) is 0 Å². The smallest absolute Gasteiger partial charge is 0.426 e. The second-order valence-electron chi connectivity index (χ2n) is 8.27. The molecule has 2 aliphatic rings. The second-order valence-corrected chi connectivity index (χ2v) is 9.35. The van der Waals surface area contributed by atoms with Gasteiger partial charge < -0.3 is 14.5 Å². The number of hydrogen-bond acceptors (Lipinski definition) is 4. The van der Waals surface area contributed by atoms with E-state index in [1.54, 1.807) is 4.90 Å². The van der Waals surface area contributed by atoms with Crippen molar-refractivity contribution < 1.29 is 40.7 Å². The first-order valence-corrected chi connectivity index (χ1v) is 11.1. The van der Waals surface area contributed by atoms with Gasteiger partial charge in [-0.1, -0.05) is 18.2 Å². The van der Waals surface area contributed by atoms with Gasteiger partial charge in [0.15, 0.2) is 0 Å². The molecule has 2 fully saturated rings. The number of nitrogens with zero attached hydrogens (tertiary/aromatic N) is 2. The Balaban J connectivity index is 1.44. The zero-order valence-electron chi connectivity index (χ0n) is 17.2. The minimum absolute atomic E-state index is 0.0997. The molecule has 0 atom stereocenters. The zero-order chi connectivity index (χ0) is 24.0. The summed E-state index contributed by atoms with van der Waals surface area (Å²) in [7, 11) is 0. The lowest BCUT2D eigenvalue weighted by molar-refractivity contribution is -0.308. The van der Waals surface area contributed by atoms with Crippen molar-refractivity contribution in [3.63, 3.8) is 0 Å². The molecule has 180 valence electrons. The Morgan fingerprint density at radius 2 is 1.61 bits per heavy atom. The van der Waals surface area contributed by atoms with Gasteiger partial charge in [0.2, 0.25) is 0 Å². The van der Waals surface area contributed by atoms with E-state index in [-0.39, 0.29) is 31.8 Å². The number of carbonyl (C=O) groups is 2. The van der Waals surface area contributed by atoms with Gasteiger partial charge in [-0.2, -0.15) is 26.3 Å². The number of hydrogen-bond donors (Lipinski definition) is 0. The Kier molecular flexibility index (Phi) is 6.00. The maximum atomic E-state index is 13.3. The Bertz CT molecular complexity index is 996. The molecule has 33 heavy (non-hydrogen) atoms. The van der Waals surface area contributed by atoms with E-state index in [4.69, 9.17) is 0 Å². The lowest BCUT2D eigenvalue weighted by atomic mass is 9.85. The van der Waals surface area contributed by atoms with E-state index in [1.807, 2.05) is 30.3 Å². The normalized spacial score (nSPS) is 19.0. The molecule has 0 bridgehead atoms. The Morgan fingerprint density at radius 3 is 2.21 bits per heavy atom. The van der Waals surface area contributed by atoms with E-state index in [1.165, 1.54) is 11.3 Å². The number of fused-ring (bicyclic) bond motifs is 1. The summed E-state index contributed by atoms with van der Waals surface area (Å²) in [4.78, 5) is 28.5. The van der Waals surface area contributed by atoms with E-state index in [2.05, 4.69) is 4.74 Å². The Labute approximate surface area is 188 Å². The largest absolute Gasteiger partial charge is 0.434 e. The van der Waals surface area contributed by atoms with Crippen LogP contribution in [0, 0.1) is 0 Å². The number of benzene rings is 1. The highest BCUT2D eigenvalue weighted by Gasteiger charge is 2.60. The topological polar surface area (TPSA) is 49.9 Å². The Morgan fingerprint density at radius 1 is 0.970 bits per heavy atom. The maximum absolute atomic E-state index is 13.3. The number of amides is 2. The standard InChI is InChI=1S/C21H20F6N2O3S/c22-20(23,24)17(21(25,26)27)32-18(31)28-10-7-19(8-11-28)6-3-9-29(19)16(30)15-12-13-4-1-2-5-14(13)33-15/h1-2,4-5,12,17H,3,6-11H2. The summed E-state index contributed by atoms with van der Waals surface area (Å²) >= 11 is 1.37. The van der Waals surface area contributed by atoms with E-state index >= 15 is 0 Å². The van der Waals surface area contributed by atoms with Crippen LogP contribution >= 0.6 is 11.3 Å². The lowest BCUT2D eigenvalue weighted by Gasteiger charge is -2.44. The van der Waals surface area contributed by atoms with Crippen LogP contribution in [0.1, 0.15) is 35.4 Å². The molecule has 4 rings (SSSR count). The van der Waals surface area contributed by atoms with Crippen molar-refractivity contribution in [3.05, 3.63) is 35.2 Å². The third kappa shape index (κ3) is 4.62. The molecule has 12 heteroatoms. The molecule has 0 saturated carbocycles. The van der Waals surface area contributed by atoms with Crippen molar-refractivity contribution in [1.82, 2.24) is 9.80 Å². The molecule has 2 amide bonds. The third-order valence-electron chi connectivity index (χ3n) is 6.24. The number of alkyl halides is 6. The van der Waals surface area contributed by atoms with E-state index in [0.717, 1.165) is 21.4 Å². The fraction of sp³-hybridized carbons (Fsp3) is 0.524. The molecule has 0 unspecified atom stereocenters. The molecule has 0 aliphatic carbocycles. The summed E-state index contributed by atoms with van der Waals surface area (Å²) < 4.78 is 81.0. The van der Waals surface area contributed by atoms with Crippen LogP contribution < -0.4 is 0 Å². The molecule has 1 spiro atoms. The first-order valence-electron chi connectivity index (χ1n) is 10.3. The first-order chi connectivity index (χ1) is 15.4. The zero-order valence-corrected chi connectivity index (χ0v) is 18.0. The number of halogens is 6. The SMILES string of the molecule is O=C(OC(C(F)(F)F)C(F)(F)F)N1CCC2(CCCN2C(=O)c2cc3ccccc3s2)CC1. The molecule has 0 N–H and O–H groups in total. The van der Waals surface area contributed by atoms with Crippen molar-refractivity contribution in [2.75, 3.05) is 19.6 Å². The quantitative estimate of drug-likeness (QED) is 0.511. The molecule has 2 aliphatic heterocycles. The fourth-order valence-electron chi connectivity index (χ4n) is 4.60. The van der Waals surface area contributed by atoms with Gasteiger partial charge in [-0.25, -0.2) is 4.79 Å². The van der Waals surface area contributed by atoms with Gasteiger partial charge in [0.05, 0.1) is 4.88 Å². The van der Waals surface area contributed by atoms with Gasteiger partial charge in [0.1, 0.15) is 0 Å². The highest BCUT2D eigenvalue weighted by atomic mass is 32.1. The number of ether oxygens (including phenoxy) is 1. The first kappa shape index (κ1) is 23.7. The average Bonchev–Trinajstić information content (AvgIpc) is 3.34. The highest BCUT2D eigenvalue weighted by Crippen LogP contribution is 2.41. The average molecular weight is 494 g/mol. The van der Waals surface area contributed by atoms with Crippen LogP contribution in [0.15, 0.2) is 30.3 Å². The monoisotopic (exact) mass is 494 g/mol. The van der Waals surface area contributed by atoms with Gasteiger partial charge in [-0.3, -0.25) is 4.79 Å². The number of piperidine rings is 1. The van der Waals surface area contributed by atoms with E-state index in [9.17, 15) is 35.9 Å². The number of carbonyl (C=O) groups excluding carboxylic acids is 2. The summed E-state index contributed by atoms with van der Waals surface area (Å²) in [6.45, 7) is 0.302. The van der Waals surface area contributed by atoms with Crippen LogP contribution in [0.2, 0.25) is 0 Å². The molecular formula is C21H20F6N2O3S. The summed E-state index contributed by atoms with van der Waals surface area (Å²) in [5.74, 6) is -0.154. The third-order valence-corrected chi connectivity index (χ3v) is 7.35. The number of rotatable bonds is 2. The minimum Gasteiger partial charge on any atom is -0.426 e. The summed E-state index contributed by atoms with van der Waals surface area (Å²) in [5, 5.41) is 0.945. The predicted molar refractivity (Wildman–Crippen MR) is 108 cm³/mol. The lowest BCUT2D eigenvalue weighted by Crippen LogP contribution is -2.56. The minimum atomic E-state index is -5.76. The van der Waals surface area contributed by atoms with Crippen LogP contribution in [0.3, 0.4) is 0 Å². The maximum Gasteiger partial charge on any atom is 0.434 e. The van der Waals surface area contributed by atoms with Gasteiger partial charge in [0.25, 0.3) is 12.0 Å². The van der Waals surface area contributed by atoms with Crippen molar-refractivity contribution in [2.45, 2.75) is 49.7 Å².